The summed E-state index contributed by atoms with van der Waals surface area (Å²) in [5.74, 6) is -0.799. The van der Waals surface area contributed by atoms with Crippen LogP contribution in [0.25, 0.3) is 0 Å². The number of nitrogens with one attached hydrogen (secondary N) is 2. The van der Waals surface area contributed by atoms with Gasteiger partial charge in [-0.2, -0.15) is 0 Å². The van der Waals surface area contributed by atoms with Gasteiger partial charge in [0, 0.05) is 25.3 Å². The lowest BCUT2D eigenvalue weighted by atomic mass is 9.86. The second kappa shape index (κ2) is 5.99. The Morgan fingerprint density at radius 3 is 2.30 bits per heavy atom. The van der Waals surface area contributed by atoms with Gasteiger partial charge < -0.3 is 20.5 Å². The summed E-state index contributed by atoms with van der Waals surface area (Å²) in [6.45, 7) is 3.50. The van der Waals surface area contributed by atoms with Crippen LogP contribution in [0.4, 0.5) is 4.79 Å². The van der Waals surface area contributed by atoms with E-state index < -0.39 is 11.4 Å². The van der Waals surface area contributed by atoms with Crippen LogP contribution in [-0.2, 0) is 9.53 Å². The van der Waals surface area contributed by atoms with Gasteiger partial charge in [-0.05, 0) is 32.6 Å². The molecule has 0 atom stereocenters. The van der Waals surface area contributed by atoms with E-state index in [9.17, 15) is 14.7 Å². The normalized spacial score (nSPS) is 24.1. The number of ether oxygens (including phenoxy) is 1. The third kappa shape index (κ3) is 3.42. The molecule has 0 aromatic rings. The zero-order chi connectivity index (χ0) is 14.6. The first-order valence-electron chi connectivity index (χ1n) is 7.33. The first-order chi connectivity index (χ1) is 9.46. The maximum atomic E-state index is 12.0. The van der Waals surface area contributed by atoms with Crippen molar-refractivity contribution in [2.75, 3.05) is 19.8 Å². The molecule has 1 saturated heterocycles. The lowest BCUT2D eigenvalue weighted by molar-refractivity contribution is -0.148. The fourth-order valence-corrected chi connectivity index (χ4v) is 3.03. The Hall–Kier alpha value is -1.30. The Morgan fingerprint density at radius 2 is 1.75 bits per heavy atom. The highest BCUT2D eigenvalue weighted by atomic mass is 16.5. The van der Waals surface area contributed by atoms with E-state index in [1.807, 2.05) is 6.92 Å². The molecule has 20 heavy (non-hydrogen) atoms. The maximum absolute atomic E-state index is 12.0. The van der Waals surface area contributed by atoms with Gasteiger partial charge in [0.25, 0.3) is 0 Å². The number of carbonyl (C=O) groups excluding carboxylic acids is 1. The van der Waals surface area contributed by atoms with Crippen LogP contribution in [0.3, 0.4) is 0 Å². The molecule has 0 bridgehead atoms. The lowest BCUT2D eigenvalue weighted by Gasteiger charge is -2.35. The standard InChI is InChI=1S/C14H24N2O4/c1-13(6-8-20-9-7-13)16-12(19)15-10-14(11(17)18)4-2-3-5-14/h2-10H2,1H3,(H,17,18)(H2,15,16,19). The molecule has 2 rings (SSSR count). The van der Waals surface area contributed by atoms with Crippen LogP contribution in [0.15, 0.2) is 0 Å². The highest BCUT2D eigenvalue weighted by molar-refractivity contribution is 5.78. The minimum atomic E-state index is -0.799. The summed E-state index contributed by atoms with van der Waals surface area (Å²) >= 11 is 0. The summed E-state index contributed by atoms with van der Waals surface area (Å²) in [6, 6.07) is -0.276. The Morgan fingerprint density at radius 1 is 1.15 bits per heavy atom. The molecule has 114 valence electrons. The number of hydrogen-bond donors (Lipinski definition) is 3. The number of rotatable bonds is 4. The van der Waals surface area contributed by atoms with E-state index in [-0.39, 0.29) is 18.1 Å². The zero-order valence-corrected chi connectivity index (χ0v) is 12.0. The van der Waals surface area contributed by atoms with E-state index in [0.717, 1.165) is 25.7 Å². The van der Waals surface area contributed by atoms with Gasteiger partial charge in [-0.1, -0.05) is 12.8 Å². The molecule has 0 aromatic heterocycles. The van der Waals surface area contributed by atoms with Crippen molar-refractivity contribution >= 4 is 12.0 Å². The van der Waals surface area contributed by atoms with Crippen molar-refractivity contribution in [2.24, 2.45) is 5.41 Å². The number of carboxylic acids is 1. The van der Waals surface area contributed by atoms with Gasteiger partial charge in [0.2, 0.25) is 0 Å². The SMILES string of the molecule is CC1(NC(=O)NCC2(C(=O)O)CCCC2)CCOCC1. The van der Waals surface area contributed by atoms with Crippen molar-refractivity contribution in [3.8, 4) is 0 Å². The molecule has 1 aliphatic heterocycles. The Bertz CT molecular complexity index is 371. The predicted molar refractivity (Wildman–Crippen MR) is 73.5 cm³/mol. The van der Waals surface area contributed by atoms with Crippen LogP contribution in [0.1, 0.15) is 45.4 Å². The monoisotopic (exact) mass is 284 g/mol. The molecule has 1 aliphatic carbocycles. The molecule has 1 saturated carbocycles. The molecule has 3 N–H and O–H groups in total. The summed E-state index contributed by atoms with van der Waals surface area (Å²) in [6.07, 6.45) is 4.70. The van der Waals surface area contributed by atoms with Crippen LogP contribution in [-0.4, -0.2) is 42.4 Å². The van der Waals surface area contributed by atoms with E-state index >= 15 is 0 Å². The number of carbonyl (C=O) groups is 2. The van der Waals surface area contributed by atoms with Crippen molar-refractivity contribution in [3.63, 3.8) is 0 Å². The van der Waals surface area contributed by atoms with Gasteiger partial charge in [0.15, 0.2) is 0 Å². The van der Waals surface area contributed by atoms with Crippen molar-refractivity contribution in [1.29, 1.82) is 0 Å². The highest BCUT2D eigenvalue weighted by Crippen LogP contribution is 2.37. The van der Waals surface area contributed by atoms with E-state index in [2.05, 4.69) is 10.6 Å². The molecule has 1 heterocycles. The second-order valence-electron chi connectivity index (χ2n) is 6.27. The number of urea groups is 1. The van der Waals surface area contributed by atoms with Gasteiger partial charge in [0.1, 0.15) is 0 Å². The smallest absolute Gasteiger partial charge is 0.315 e. The van der Waals surface area contributed by atoms with Crippen molar-refractivity contribution in [3.05, 3.63) is 0 Å². The number of aliphatic carboxylic acids is 1. The summed E-state index contributed by atoms with van der Waals surface area (Å²) in [5, 5.41) is 15.1. The van der Waals surface area contributed by atoms with Crippen LogP contribution >= 0.6 is 0 Å². The van der Waals surface area contributed by atoms with E-state index in [1.165, 1.54) is 0 Å². The molecule has 0 unspecified atom stereocenters. The molecule has 0 spiro atoms. The molecule has 0 aromatic carbocycles. The van der Waals surface area contributed by atoms with Crippen LogP contribution < -0.4 is 10.6 Å². The minimum Gasteiger partial charge on any atom is -0.481 e. The van der Waals surface area contributed by atoms with E-state index in [1.54, 1.807) is 0 Å². The molecule has 2 amide bonds. The summed E-state index contributed by atoms with van der Waals surface area (Å²) < 4.78 is 5.29. The number of amides is 2. The van der Waals surface area contributed by atoms with Crippen molar-refractivity contribution in [2.45, 2.75) is 51.0 Å². The molecular formula is C14H24N2O4. The first kappa shape index (κ1) is 15.1. The molecule has 2 aliphatic rings. The first-order valence-corrected chi connectivity index (χ1v) is 7.33. The molecular weight excluding hydrogens is 260 g/mol. The second-order valence-corrected chi connectivity index (χ2v) is 6.27. The summed E-state index contributed by atoms with van der Waals surface area (Å²) in [5.41, 5.74) is -1.03. The predicted octanol–water partition coefficient (Wildman–Crippen LogP) is 1.50. The van der Waals surface area contributed by atoms with Gasteiger partial charge >= 0.3 is 12.0 Å². The van der Waals surface area contributed by atoms with Crippen LogP contribution in [0.2, 0.25) is 0 Å². The number of hydrogen-bond acceptors (Lipinski definition) is 3. The van der Waals surface area contributed by atoms with Crippen molar-refractivity contribution < 1.29 is 19.4 Å². The molecule has 6 nitrogen and oxygen atoms in total. The molecule has 6 heteroatoms. The van der Waals surface area contributed by atoms with Gasteiger partial charge in [-0.3, -0.25) is 4.79 Å². The average molecular weight is 284 g/mol. The minimum absolute atomic E-state index is 0.209. The quantitative estimate of drug-likeness (QED) is 0.730. The Balaban J connectivity index is 1.83. The summed E-state index contributed by atoms with van der Waals surface area (Å²) in [7, 11) is 0. The van der Waals surface area contributed by atoms with Gasteiger partial charge in [-0.25, -0.2) is 4.79 Å². The third-order valence-electron chi connectivity index (χ3n) is 4.61. The van der Waals surface area contributed by atoms with Crippen molar-refractivity contribution in [1.82, 2.24) is 10.6 Å². The van der Waals surface area contributed by atoms with Gasteiger partial charge in [-0.15, -0.1) is 0 Å². The fourth-order valence-electron chi connectivity index (χ4n) is 3.03. The molecule has 2 fully saturated rings. The fraction of sp³-hybridized carbons (Fsp3) is 0.857. The lowest BCUT2D eigenvalue weighted by Crippen LogP contribution is -2.54. The van der Waals surface area contributed by atoms with Gasteiger partial charge in [0.05, 0.1) is 5.41 Å². The largest absolute Gasteiger partial charge is 0.481 e. The summed E-state index contributed by atoms with van der Waals surface area (Å²) in [4.78, 5) is 23.4. The highest BCUT2D eigenvalue weighted by Gasteiger charge is 2.41. The average Bonchev–Trinajstić information content (AvgIpc) is 2.87. The third-order valence-corrected chi connectivity index (χ3v) is 4.61. The van der Waals surface area contributed by atoms with Crippen LogP contribution in [0.5, 0.6) is 0 Å². The maximum Gasteiger partial charge on any atom is 0.315 e. The van der Waals surface area contributed by atoms with Crippen LogP contribution in [0, 0.1) is 5.41 Å². The Labute approximate surface area is 119 Å². The topological polar surface area (TPSA) is 87.7 Å². The van der Waals surface area contributed by atoms with E-state index in [4.69, 9.17) is 4.74 Å². The molecule has 0 radical (unpaired) electrons. The Kier molecular flexibility index (Phi) is 4.52. The zero-order valence-electron chi connectivity index (χ0n) is 12.0. The van der Waals surface area contributed by atoms with E-state index in [0.29, 0.717) is 26.1 Å². The number of carboxylic acid groups (broad SMARTS) is 1.